The molecule has 0 spiro atoms. The van der Waals surface area contributed by atoms with Crippen molar-refractivity contribution in [1.82, 2.24) is 0 Å². The molecule has 0 aliphatic heterocycles. The van der Waals surface area contributed by atoms with E-state index in [4.69, 9.17) is 21.1 Å². The zero-order chi connectivity index (χ0) is 15.1. The molecule has 0 bridgehead atoms. The van der Waals surface area contributed by atoms with E-state index in [1.807, 2.05) is 18.2 Å². The highest BCUT2D eigenvalue weighted by Crippen LogP contribution is 2.25. The molecular weight excluding hydrogens is 284 g/mol. The minimum absolute atomic E-state index is 0.306. The highest BCUT2D eigenvalue weighted by molar-refractivity contribution is 6.20. The molecule has 0 saturated heterocycles. The van der Waals surface area contributed by atoms with Crippen LogP contribution in [0, 0.1) is 0 Å². The Bertz CT molecular complexity index is 568. The lowest BCUT2D eigenvalue weighted by Gasteiger charge is -2.09. The first-order valence-electron chi connectivity index (χ1n) is 7.57. The van der Waals surface area contributed by atoms with E-state index in [2.05, 4.69) is 25.1 Å². The van der Waals surface area contributed by atoms with Gasteiger partial charge in [-0.15, -0.1) is 11.6 Å². The SMILES string of the molecule is CCC(Cl)CCCCOc1ccc2cc(OC)ccc2c1. The van der Waals surface area contributed by atoms with E-state index >= 15 is 0 Å². The molecule has 0 amide bonds. The average Bonchev–Trinajstić information content (AvgIpc) is 2.53. The Morgan fingerprint density at radius 1 is 1.00 bits per heavy atom. The highest BCUT2D eigenvalue weighted by Gasteiger charge is 2.02. The van der Waals surface area contributed by atoms with Crippen LogP contribution in [0.5, 0.6) is 11.5 Å². The van der Waals surface area contributed by atoms with Gasteiger partial charge >= 0.3 is 0 Å². The van der Waals surface area contributed by atoms with Crippen molar-refractivity contribution in [3.05, 3.63) is 36.4 Å². The first-order valence-corrected chi connectivity index (χ1v) is 8.01. The monoisotopic (exact) mass is 306 g/mol. The summed E-state index contributed by atoms with van der Waals surface area (Å²) < 4.78 is 11.0. The van der Waals surface area contributed by atoms with Crippen molar-refractivity contribution in [2.24, 2.45) is 0 Å². The van der Waals surface area contributed by atoms with Crippen LogP contribution in [-0.4, -0.2) is 19.1 Å². The number of methoxy groups -OCH3 is 1. The summed E-state index contributed by atoms with van der Waals surface area (Å²) in [5.74, 6) is 1.80. The van der Waals surface area contributed by atoms with Gasteiger partial charge in [-0.05, 0) is 60.7 Å². The zero-order valence-electron chi connectivity index (χ0n) is 12.8. The maximum atomic E-state index is 6.10. The molecule has 1 atom stereocenters. The van der Waals surface area contributed by atoms with Crippen LogP contribution in [0.4, 0.5) is 0 Å². The second-order valence-electron chi connectivity index (χ2n) is 5.22. The van der Waals surface area contributed by atoms with Crippen LogP contribution in [0.15, 0.2) is 36.4 Å². The molecule has 1 unspecified atom stereocenters. The molecule has 0 aromatic heterocycles. The van der Waals surface area contributed by atoms with E-state index in [0.29, 0.717) is 5.38 Å². The van der Waals surface area contributed by atoms with E-state index in [-0.39, 0.29) is 0 Å². The van der Waals surface area contributed by atoms with E-state index < -0.39 is 0 Å². The lowest BCUT2D eigenvalue weighted by molar-refractivity contribution is 0.305. The van der Waals surface area contributed by atoms with Gasteiger partial charge in [0.15, 0.2) is 0 Å². The minimum atomic E-state index is 0.306. The van der Waals surface area contributed by atoms with Gasteiger partial charge in [-0.2, -0.15) is 0 Å². The van der Waals surface area contributed by atoms with Gasteiger partial charge in [0.05, 0.1) is 13.7 Å². The number of alkyl halides is 1. The van der Waals surface area contributed by atoms with E-state index in [1.54, 1.807) is 7.11 Å². The summed E-state index contributed by atoms with van der Waals surface area (Å²) in [5, 5.41) is 2.63. The number of benzene rings is 2. The van der Waals surface area contributed by atoms with Gasteiger partial charge in [-0.25, -0.2) is 0 Å². The van der Waals surface area contributed by atoms with Gasteiger partial charge in [-0.3, -0.25) is 0 Å². The number of hydrogen-bond acceptors (Lipinski definition) is 2. The molecule has 0 saturated carbocycles. The quantitative estimate of drug-likeness (QED) is 0.479. The molecule has 2 rings (SSSR count). The van der Waals surface area contributed by atoms with Crippen molar-refractivity contribution in [3.63, 3.8) is 0 Å². The van der Waals surface area contributed by atoms with Crippen molar-refractivity contribution in [1.29, 1.82) is 0 Å². The van der Waals surface area contributed by atoms with Gasteiger partial charge in [0.2, 0.25) is 0 Å². The van der Waals surface area contributed by atoms with Crippen LogP contribution >= 0.6 is 11.6 Å². The van der Waals surface area contributed by atoms with Crippen molar-refractivity contribution >= 4 is 22.4 Å². The Balaban J connectivity index is 1.85. The third-order valence-electron chi connectivity index (χ3n) is 3.64. The molecule has 0 aliphatic rings. The summed E-state index contributed by atoms with van der Waals surface area (Å²) in [6.45, 7) is 2.87. The Hall–Kier alpha value is -1.41. The van der Waals surface area contributed by atoms with E-state index in [0.717, 1.165) is 49.2 Å². The van der Waals surface area contributed by atoms with Crippen LogP contribution in [-0.2, 0) is 0 Å². The number of unbranched alkanes of at least 4 members (excludes halogenated alkanes) is 1. The summed E-state index contributed by atoms with van der Waals surface area (Å²) in [5.41, 5.74) is 0. The topological polar surface area (TPSA) is 18.5 Å². The second-order valence-corrected chi connectivity index (χ2v) is 5.84. The summed E-state index contributed by atoms with van der Waals surface area (Å²) in [4.78, 5) is 0. The van der Waals surface area contributed by atoms with Crippen LogP contribution in [0.1, 0.15) is 32.6 Å². The minimum Gasteiger partial charge on any atom is -0.497 e. The van der Waals surface area contributed by atoms with Crippen LogP contribution < -0.4 is 9.47 Å². The Morgan fingerprint density at radius 3 is 2.33 bits per heavy atom. The molecule has 0 heterocycles. The molecule has 3 heteroatoms. The average molecular weight is 307 g/mol. The molecule has 2 nitrogen and oxygen atoms in total. The normalized spacial score (nSPS) is 12.3. The molecule has 2 aromatic carbocycles. The lowest BCUT2D eigenvalue weighted by Crippen LogP contribution is -2.00. The largest absolute Gasteiger partial charge is 0.497 e. The van der Waals surface area contributed by atoms with Crippen molar-refractivity contribution < 1.29 is 9.47 Å². The molecule has 21 heavy (non-hydrogen) atoms. The van der Waals surface area contributed by atoms with Crippen molar-refractivity contribution in [2.45, 2.75) is 38.0 Å². The maximum absolute atomic E-state index is 6.10. The second kappa shape index (κ2) is 8.14. The predicted molar refractivity (Wildman–Crippen MR) is 89.8 cm³/mol. The summed E-state index contributed by atoms with van der Waals surface area (Å²) in [6, 6.07) is 12.2. The van der Waals surface area contributed by atoms with E-state index in [1.165, 1.54) is 5.39 Å². The standard InChI is InChI=1S/C18H23ClO2/c1-3-16(19)6-4-5-11-21-18-10-8-14-12-17(20-2)9-7-15(14)13-18/h7-10,12-13,16H,3-6,11H2,1-2H3. The molecule has 2 aromatic rings. The fraction of sp³-hybridized carbons (Fsp3) is 0.444. The molecule has 0 N–H and O–H groups in total. The molecular formula is C18H23ClO2. The lowest BCUT2D eigenvalue weighted by atomic mass is 10.1. The van der Waals surface area contributed by atoms with Gasteiger partial charge < -0.3 is 9.47 Å². The van der Waals surface area contributed by atoms with Crippen LogP contribution in [0.3, 0.4) is 0 Å². The smallest absolute Gasteiger partial charge is 0.119 e. The molecule has 0 fully saturated rings. The van der Waals surface area contributed by atoms with Crippen molar-refractivity contribution in [2.75, 3.05) is 13.7 Å². The number of fused-ring (bicyclic) bond motifs is 1. The summed E-state index contributed by atoms with van der Waals surface area (Å²) in [6.07, 6.45) is 4.27. The fourth-order valence-corrected chi connectivity index (χ4v) is 2.43. The number of hydrogen-bond donors (Lipinski definition) is 0. The first-order chi connectivity index (χ1) is 10.2. The number of halogens is 1. The number of ether oxygens (including phenoxy) is 2. The van der Waals surface area contributed by atoms with Gasteiger partial charge in [0, 0.05) is 5.38 Å². The Kier molecular flexibility index (Phi) is 6.19. The summed E-state index contributed by atoms with van der Waals surface area (Å²) in [7, 11) is 1.68. The van der Waals surface area contributed by atoms with E-state index in [9.17, 15) is 0 Å². The number of rotatable bonds is 8. The predicted octanol–water partition coefficient (Wildman–Crippen LogP) is 5.41. The summed E-state index contributed by atoms with van der Waals surface area (Å²) >= 11 is 6.10. The molecule has 0 aliphatic carbocycles. The molecule has 114 valence electrons. The fourth-order valence-electron chi connectivity index (χ4n) is 2.28. The third kappa shape index (κ3) is 4.82. The van der Waals surface area contributed by atoms with Gasteiger partial charge in [-0.1, -0.05) is 19.1 Å². The Labute approximate surface area is 132 Å². The van der Waals surface area contributed by atoms with Gasteiger partial charge in [0.1, 0.15) is 11.5 Å². The molecule has 0 radical (unpaired) electrons. The van der Waals surface area contributed by atoms with Crippen molar-refractivity contribution in [3.8, 4) is 11.5 Å². The van der Waals surface area contributed by atoms with Gasteiger partial charge in [0.25, 0.3) is 0 Å². The third-order valence-corrected chi connectivity index (χ3v) is 4.17. The first kappa shape index (κ1) is 16.0. The maximum Gasteiger partial charge on any atom is 0.119 e. The van der Waals surface area contributed by atoms with Crippen LogP contribution in [0.2, 0.25) is 0 Å². The zero-order valence-corrected chi connectivity index (χ0v) is 13.5. The van der Waals surface area contributed by atoms with Crippen LogP contribution in [0.25, 0.3) is 10.8 Å². The highest BCUT2D eigenvalue weighted by atomic mass is 35.5. The Morgan fingerprint density at radius 2 is 1.67 bits per heavy atom.